The number of halogens is 3. The Morgan fingerprint density at radius 2 is 1.41 bits per heavy atom. The predicted octanol–water partition coefficient (Wildman–Crippen LogP) is 5.89. The first-order valence-electron chi connectivity index (χ1n) is 12.3. The van der Waals surface area contributed by atoms with Crippen molar-refractivity contribution >= 4 is 10.0 Å². The monoisotopic (exact) mass is 532 g/mol. The lowest BCUT2D eigenvalue weighted by molar-refractivity contribution is -0.275. The fourth-order valence-corrected chi connectivity index (χ4v) is 6.47. The molecule has 37 heavy (non-hydrogen) atoms. The third kappa shape index (κ3) is 6.91. The van der Waals surface area contributed by atoms with Crippen LogP contribution in [0.1, 0.15) is 36.3 Å². The maximum atomic E-state index is 13.2. The Hall–Kier alpha value is -2.88. The van der Waals surface area contributed by atoms with Gasteiger partial charge in [-0.1, -0.05) is 72.8 Å². The number of rotatable bonds is 9. The van der Waals surface area contributed by atoms with Gasteiger partial charge in [-0.15, -0.1) is 13.2 Å². The Morgan fingerprint density at radius 1 is 0.892 bits per heavy atom. The summed E-state index contributed by atoms with van der Waals surface area (Å²) >= 11 is 0. The average molecular weight is 533 g/mol. The van der Waals surface area contributed by atoms with Crippen LogP contribution < -0.4 is 4.74 Å². The Labute approximate surface area is 216 Å². The summed E-state index contributed by atoms with van der Waals surface area (Å²) in [5.41, 5.74) is 2.52. The van der Waals surface area contributed by atoms with Crippen LogP contribution in [-0.2, 0) is 10.0 Å². The van der Waals surface area contributed by atoms with Crippen LogP contribution in [0, 0.1) is 0 Å². The second-order valence-corrected chi connectivity index (χ2v) is 11.2. The lowest BCUT2D eigenvalue weighted by Gasteiger charge is -2.36. The highest BCUT2D eigenvalue weighted by molar-refractivity contribution is 7.89. The number of hydrogen-bond donors (Lipinski definition) is 0. The topological polar surface area (TPSA) is 49.9 Å². The van der Waals surface area contributed by atoms with Gasteiger partial charge in [0, 0.05) is 19.0 Å². The molecule has 4 rings (SSSR count). The molecule has 9 heteroatoms. The van der Waals surface area contributed by atoms with Crippen molar-refractivity contribution in [1.29, 1.82) is 0 Å². The smallest absolute Gasteiger partial charge is 0.404 e. The van der Waals surface area contributed by atoms with E-state index in [9.17, 15) is 21.6 Å². The summed E-state index contributed by atoms with van der Waals surface area (Å²) in [5.74, 6) is -0.458. The van der Waals surface area contributed by atoms with Crippen molar-refractivity contribution in [3.8, 4) is 5.75 Å². The van der Waals surface area contributed by atoms with Crippen molar-refractivity contribution in [2.24, 2.45) is 0 Å². The molecule has 5 nitrogen and oxygen atoms in total. The first kappa shape index (κ1) is 27.2. The van der Waals surface area contributed by atoms with Crippen molar-refractivity contribution < 1.29 is 26.3 Å². The van der Waals surface area contributed by atoms with E-state index in [4.69, 9.17) is 0 Å². The number of sulfonamides is 1. The Balaban J connectivity index is 1.39. The minimum atomic E-state index is -4.98. The van der Waals surface area contributed by atoms with E-state index in [2.05, 4.69) is 33.9 Å². The molecule has 0 atom stereocenters. The van der Waals surface area contributed by atoms with Gasteiger partial charge in [-0.25, -0.2) is 8.42 Å². The Kier molecular flexibility index (Phi) is 8.56. The number of benzene rings is 3. The van der Waals surface area contributed by atoms with Crippen LogP contribution in [0.25, 0.3) is 0 Å². The zero-order valence-corrected chi connectivity index (χ0v) is 21.5. The van der Waals surface area contributed by atoms with E-state index in [-0.39, 0.29) is 12.0 Å². The number of piperidine rings is 1. The van der Waals surface area contributed by atoms with E-state index in [1.165, 1.54) is 34.6 Å². The molecule has 3 aromatic carbocycles. The molecule has 1 saturated heterocycles. The van der Waals surface area contributed by atoms with Gasteiger partial charge in [0.05, 0.1) is 0 Å². The Bertz CT molecular complexity index is 1210. The van der Waals surface area contributed by atoms with E-state index >= 15 is 0 Å². The van der Waals surface area contributed by atoms with E-state index < -0.39 is 27.0 Å². The molecule has 1 heterocycles. The second-order valence-electron chi connectivity index (χ2n) is 9.25. The van der Waals surface area contributed by atoms with Crippen LogP contribution in [0.15, 0.2) is 89.8 Å². The normalized spacial score (nSPS) is 15.8. The van der Waals surface area contributed by atoms with Gasteiger partial charge in [-0.3, -0.25) is 0 Å². The van der Waals surface area contributed by atoms with Crippen molar-refractivity contribution in [2.75, 3.05) is 26.7 Å². The molecule has 0 saturated carbocycles. The third-order valence-corrected chi connectivity index (χ3v) is 8.89. The van der Waals surface area contributed by atoms with E-state index in [0.717, 1.165) is 25.1 Å². The van der Waals surface area contributed by atoms with E-state index in [1.807, 2.05) is 36.4 Å². The number of para-hydroxylation sites is 1. The fourth-order valence-electron chi connectivity index (χ4n) is 4.94. The van der Waals surface area contributed by atoms with Gasteiger partial charge in [-0.05, 0) is 62.2 Å². The molecule has 198 valence electrons. The molecule has 0 radical (unpaired) electrons. The molecular formula is C28H31F3N2O3S. The first-order valence-corrected chi connectivity index (χ1v) is 13.7. The molecule has 0 amide bonds. The molecule has 0 spiro atoms. The van der Waals surface area contributed by atoms with Crippen molar-refractivity contribution in [1.82, 2.24) is 9.21 Å². The summed E-state index contributed by atoms with van der Waals surface area (Å²) in [4.78, 5) is 1.85. The lowest BCUT2D eigenvalue weighted by atomic mass is 9.88. The molecule has 0 unspecified atom stereocenters. The highest BCUT2D eigenvalue weighted by atomic mass is 32.2. The van der Waals surface area contributed by atoms with E-state index in [1.54, 1.807) is 0 Å². The maximum absolute atomic E-state index is 13.2. The van der Waals surface area contributed by atoms with Crippen molar-refractivity contribution in [2.45, 2.75) is 42.5 Å². The summed E-state index contributed by atoms with van der Waals surface area (Å²) in [6.07, 6.45) is -2.86. The van der Waals surface area contributed by atoms with Gasteiger partial charge in [0.25, 0.3) is 0 Å². The summed E-state index contributed by atoms with van der Waals surface area (Å²) in [6.45, 7) is 2.28. The van der Waals surface area contributed by atoms with Gasteiger partial charge in [-0.2, -0.15) is 4.31 Å². The van der Waals surface area contributed by atoms with Gasteiger partial charge < -0.3 is 9.64 Å². The standard InChI is InChI=1S/C28H31F3N2O3S/c1-32(37(34,35)27-15-9-8-14-26(27)36-28(29,30)31)24-16-19-33(20-17-24)21-18-25(22-10-4-2-5-11-22)23-12-6-3-7-13-23/h2-15,24-25H,16-21H2,1H3. The molecule has 0 aliphatic carbocycles. The second kappa shape index (κ2) is 11.7. The number of ether oxygens (including phenoxy) is 1. The molecule has 0 aromatic heterocycles. The van der Waals surface area contributed by atoms with Crippen LogP contribution in [0.5, 0.6) is 5.75 Å². The summed E-state index contributed by atoms with van der Waals surface area (Å²) < 4.78 is 70.1. The number of alkyl halides is 3. The molecule has 3 aromatic rings. The van der Waals surface area contributed by atoms with Gasteiger partial charge >= 0.3 is 6.36 Å². The number of likely N-dealkylation sites (tertiary alicyclic amines) is 1. The van der Waals surface area contributed by atoms with Gasteiger partial charge in [0.2, 0.25) is 10.0 Å². The molecule has 0 bridgehead atoms. The molecule has 1 aliphatic heterocycles. The van der Waals surface area contributed by atoms with Crippen molar-refractivity contribution in [3.63, 3.8) is 0 Å². The minimum Gasteiger partial charge on any atom is -0.404 e. The van der Waals surface area contributed by atoms with Gasteiger partial charge in [0.15, 0.2) is 0 Å². The van der Waals surface area contributed by atoms with Crippen LogP contribution in [-0.4, -0.2) is 56.7 Å². The number of hydrogen-bond acceptors (Lipinski definition) is 4. The Morgan fingerprint density at radius 3 is 1.95 bits per heavy atom. The molecule has 0 N–H and O–H groups in total. The van der Waals surface area contributed by atoms with Gasteiger partial charge in [0.1, 0.15) is 10.6 Å². The molecular weight excluding hydrogens is 501 g/mol. The fraction of sp³-hybridized carbons (Fsp3) is 0.357. The zero-order chi connectivity index (χ0) is 26.5. The summed E-state index contributed by atoms with van der Waals surface area (Å²) in [6, 6.07) is 25.3. The maximum Gasteiger partial charge on any atom is 0.573 e. The van der Waals surface area contributed by atoms with Crippen molar-refractivity contribution in [3.05, 3.63) is 96.1 Å². The lowest BCUT2D eigenvalue weighted by Crippen LogP contribution is -2.46. The highest BCUT2D eigenvalue weighted by Crippen LogP contribution is 2.33. The average Bonchev–Trinajstić information content (AvgIpc) is 2.89. The minimum absolute atomic E-state index is 0.258. The predicted molar refractivity (Wildman–Crippen MR) is 137 cm³/mol. The quantitative estimate of drug-likeness (QED) is 0.345. The molecule has 1 aliphatic rings. The summed E-state index contributed by atoms with van der Waals surface area (Å²) in [7, 11) is -2.74. The summed E-state index contributed by atoms with van der Waals surface area (Å²) in [5, 5.41) is 0. The number of nitrogens with zero attached hydrogens (tertiary/aromatic N) is 2. The molecule has 1 fully saturated rings. The highest BCUT2D eigenvalue weighted by Gasteiger charge is 2.37. The zero-order valence-electron chi connectivity index (χ0n) is 20.6. The SMILES string of the molecule is CN(C1CCN(CCC(c2ccccc2)c2ccccc2)CC1)S(=O)(=O)c1ccccc1OC(F)(F)F. The van der Waals surface area contributed by atoms with Crippen LogP contribution >= 0.6 is 0 Å². The largest absolute Gasteiger partial charge is 0.573 e. The first-order chi connectivity index (χ1) is 17.6. The van der Waals surface area contributed by atoms with Crippen LogP contribution in [0.3, 0.4) is 0 Å². The third-order valence-electron chi connectivity index (χ3n) is 6.94. The van der Waals surface area contributed by atoms with E-state index in [0.29, 0.717) is 25.9 Å². The van der Waals surface area contributed by atoms with Crippen LogP contribution in [0.4, 0.5) is 13.2 Å². The van der Waals surface area contributed by atoms with Crippen LogP contribution in [0.2, 0.25) is 0 Å².